The van der Waals surface area contributed by atoms with Crippen molar-refractivity contribution in [3.8, 4) is 0 Å². The third-order valence-electron chi connectivity index (χ3n) is 2.05. The lowest BCUT2D eigenvalue weighted by Crippen LogP contribution is -2.09. The summed E-state index contributed by atoms with van der Waals surface area (Å²) < 4.78 is 0.744. The number of carboxylic acids is 1. The average Bonchev–Trinajstić information content (AvgIpc) is 2.26. The smallest absolute Gasteiger partial charge is 0.328 e. The van der Waals surface area contributed by atoms with Crippen LogP contribution in [0, 0.1) is 0 Å². The monoisotopic (exact) mass is 360 g/mol. The Labute approximate surface area is 116 Å². The van der Waals surface area contributed by atoms with Crippen LogP contribution >= 0.6 is 31.9 Å². The molecule has 1 rings (SSSR count). The Morgan fingerprint density at radius 1 is 1.41 bits per heavy atom. The van der Waals surface area contributed by atoms with Gasteiger partial charge in [0.15, 0.2) is 5.78 Å². The molecule has 0 aliphatic heterocycles. The molecule has 17 heavy (non-hydrogen) atoms. The van der Waals surface area contributed by atoms with Crippen molar-refractivity contribution in [3.63, 3.8) is 0 Å². The zero-order valence-electron chi connectivity index (χ0n) is 8.98. The van der Waals surface area contributed by atoms with Gasteiger partial charge in [0, 0.05) is 16.1 Å². The molecule has 0 spiro atoms. The Balaban J connectivity index is 3.10. The Morgan fingerprint density at radius 3 is 2.59 bits per heavy atom. The average molecular weight is 362 g/mol. The molecule has 0 amide bonds. The predicted octanol–water partition coefficient (Wildman–Crippen LogP) is 3.51. The van der Waals surface area contributed by atoms with Gasteiger partial charge < -0.3 is 5.11 Å². The van der Waals surface area contributed by atoms with Gasteiger partial charge in [0.05, 0.1) is 4.83 Å². The van der Waals surface area contributed by atoms with Gasteiger partial charge in [-0.1, -0.05) is 37.9 Å². The van der Waals surface area contributed by atoms with Gasteiger partial charge in [-0.2, -0.15) is 0 Å². The van der Waals surface area contributed by atoms with Gasteiger partial charge in [-0.3, -0.25) is 4.79 Å². The first-order valence-electron chi connectivity index (χ1n) is 4.80. The minimum Gasteiger partial charge on any atom is -0.478 e. The summed E-state index contributed by atoms with van der Waals surface area (Å²) in [6, 6.07) is 5.08. The highest BCUT2D eigenvalue weighted by Gasteiger charge is 2.12. The molecular formula is C12H10Br2O3. The molecule has 0 aliphatic carbocycles. The Morgan fingerprint density at radius 2 is 2.06 bits per heavy atom. The van der Waals surface area contributed by atoms with Crippen molar-refractivity contribution >= 4 is 49.7 Å². The second kappa shape index (κ2) is 6.12. The van der Waals surface area contributed by atoms with Crippen LogP contribution in [-0.4, -0.2) is 21.7 Å². The number of ketones is 1. The molecule has 0 saturated carbocycles. The molecule has 0 aliphatic rings. The lowest BCUT2D eigenvalue weighted by molar-refractivity contribution is -0.131. The highest BCUT2D eigenvalue weighted by atomic mass is 79.9. The van der Waals surface area contributed by atoms with E-state index in [-0.39, 0.29) is 10.6 Å². The number of carbonyl (C=O) groups is 2. The van der Waals surface area contributed by atoms with Crippen LogP contribution in [0.15, 0.2) is 28.7 Å². The SMILES string of the molecule is CC(Br)C(=O)c1ccc(Br)c(/C=C/C(=O)O)c1. The molecule has 1 N–H and O–H groups in total. The van der Waals surface area contributed by atoms with Crippen LogP contribution in [0.2, 0.25) is 0 Å². The number of halogens is 2. The lowest BCUT2D eigenvalue weighted by atomic mass is 10.1. The summed E-state index contributed by atoms with van der Waals surface area (Å²) in [4.78, 5) is 21.9. The second-order valence-corrected chi connectivity index (χ2v) is 5.62. The van der Waals surface area contributed by atoms with E-state index in [0.717, 1.165) is 10.5 Å². The third kappa shape index (κ3) is 4.09. The summed E-state index contributed by atoms with van der Waals surface area (Å²) in [5.74, 6) is -1.06. The minimum atomic E-state index is -1.03. The lowest BCUT2D eigenvalue weighted by Gasteiger charge is -2.05. The summed E-state index contributed by atoms with van der Waals surface area (Å²) in [6.45, 7) is 1.75. The molecule has 90 valence electrons. The standard InChI is InChI=1S/C12H10Br2O3/c1-7(13)12(17)9-2-4-10(14)8(6-9)3-5-11(15)16/h2-7H,1H3,(H,15,16)/b5-3+. The van der Waals surface area contributed by atoms with Crippen LogP contribution in [0.25, 0.3) is 6.08 Å². The Hall–Kier alpha value is -0.940. The quantitative estimate of drug-likeness (QED) is 0.507. The molecule has 0 bridgehead atoms. The molecule has 3 nitrogen and oxygen atoms in total. The molecule has 0 aromatic heterocycles. The van der Waals surface area contributed by atoms with Crippen LogP contribution in [0.5, 0.6) is 0 Å². The zero-order valence-corrected chi connectivity index (χ0v) is 12.2. The van der Waals surface area contributed by atoms with Crippen molar-refractivity contribution < 1.29 is 14.7 Å². The summed E-state index contributed by atoms with van der Waals surface area (Å²) in [7, 11) is 0. The first kappa shape index (κ1) is 14.1. The van der Waals surface area contributed by atoms with Gasteiger partial charge in [0.25, 0.3) is 0 Å². The fraction of sp³-hybridized carbons (Fsp3) is 0.167. The van der Waals surface area contributed by atoms with E-state index < -0.39 is 5.97 Å². The molecular weight excluding hydrogens is 352 g/mol. The number of carboxylic acid groups (broad SMARTS) is 1. The van der Waals surface area contributed by atoms with E-state index in [1.807, 2.05) is 0 Å². The molecule has 5 heteroatoms. The number of Topliss-reactive ketones (excluding diaryl/α,β-unsaturated/α-hetero) is 1. The van der Waals surface area contributed by atoms with Gasteiger partial charge in [0.1, 0.15) is 0 Å². The van der Waals surface area contributed by atoms with E-state index in [1.165, 1.54) is 6.08 Å². The minimum absolute atomic E-state index is 0.0394. The van der Waals surface area contributed by atoms with Gasteiger partial charge in [0.2, 0.25) is 0 Å². The predicted molar refractivity (Wildman–Crippen MR) is 73.5 cm³/mol. The molecule has 1 aromatic carbocycles. The van der Waals surface area contributed by atoms with Gasteiger partial charge in [-0.05, 0) is 30.7 Å². The maximum absolute atomic E-state index is 11.7. The maximum atomic E-state index is 11.7. The number of alkyl halides is 1. The first-order valence-corrected chi connectivity index (χ1v) is 6.51. The second-order valence-electron chi connectivity index (χ2n) is 3.39. The molecule has 0 radical (unpaired) electrons. The molecule has 0 saturated heterocycles. The number of aliphatic carboxylic acids is 1. The highest BCUT2D eigenvalue weighted by molar-refractivity contribution is 9.10. The van der Waals surface area contributed by atoms with Crippen LogP contribution in [0.4, 0.5) is 0 Å². The van der Waals surface area contributed by atoms with E-state index >= 15 is 0 Å². The van der Waals surface area contributed by atoms with Crippen molar-refractivity contribution in [1.82, 2.24) is 0 Å². The van der Waals surface area contributed by atoms with Crippen molar-refractivity contribution in [2.24, 2.45) is 0 Å². The van der Waals surface area contributed by atoms with Gasteiger partial charge >= 0.3 is 5.97 Å². The number of rotatable bonds is 4. The number of benzene rings is 1. The zero-order chi connectivity index (χ0) is 13.0. The number of carbonyl (C=O) groups excluding carboxylic acids is 1. The Kier molecular flexibility index (Phi) is 5.08. The Bertz CT molecular complexity index is 479. The van der Waals surface area contributed by atoms with Crippen LogP contribution in [0.3, 0.4) is 0 Å². The van der Waals surface area contributed by atoms with Gasteiger partial charge in [-0.25, -0.2) is 4.79 Å². The summed E-state index contributed by atoms with van der Waals surface area (Å²) >= 11 is 6.51. The molecule has 1 unspecified atom stereocenters. The van der Waals surface area contributed by atoms with Crippen molar-refractivity contribution in [2.75, 3.05) is 0 Å². The maximum Gasteiger partial charge on any atom is 0.328 e. The largest absolute Gasteiger partial charge is 0.478 e. The van der Waals surface area contributed by atoms with E-state index in [9.17, 15) is 9.59 Å². The first-order chi connectivity index (χ1) is 7.91. The normalized spacial score (nSPS) is 12.6. The molecule has 0 fully saturated rings. The van der Waals surface area contributed by atoms with Gasteiger partial charge in [-0.15, -0.1) is 0 Å². The molecule has 1 aromatic rings. The van der Waals surface area contributed by atoms with Crippen LogP contribution < -0.4 is 0 Å². The highest BCUT2D eigenvalue weighted by Crippen LogP contribution is 2.21. The van der Waals surface area contributed by atoms with E-state index in [4.69, 9.17) is 5.11 Å². The molecule has 1 atom stereocenters. The number of hydrogen-bond acceptors (Lipinski definition) is 2. The number of hydrogen-bond donors (Lipinski definition) is 1. The van der Waals surface area contributed by atoms with E-state index in [1.54, 1.807) is 25.1 Å². The van der Waals surface area contributed by atoms with E-state index in [2.05, 4.69) is 31.9 Å². The summed E-state index contributed by atoms with van der Waals surface area (Å²) in [5.41, 5.74) is 1.20. The third-order valence-corrected chi connectivity index (χ3v) is 3.19. The van der Waals surface area contributed by atoms with Crippen molar-refractivity contribution in [3.05, 3.63) is 39.9 Å². The fourth-order valence-electron chi connectivity index (χ4n) is 1.22. The van der Waals surface area contributed by atoms with Crippen molar-refractivity contribution in [1.29, 1.82) is 0 Å². The molecule has 0 heterocycles. The van der Waals surface area contributed by atoms with Crippen LogP contribution in [0.1, 0.15) is 22.8 Å². The fourth-order valence-corrected chi connectivity index (χ4v) is 1.86. The van der Waals surface area contributed by atoms with Crippen LogP contribution in [-0.2, 0) is 4.79 Å². The van der Waals surface area contributed by atoms with Crippen molar-refractivity contribution in [2.45, 2.75) is 11.8 Å². The topological polar surface area (TPSA) is 54.4 Å². The summed E-state index contributed by atoms with van der Waals surface area (Å²) in [6.07, 6.45) is 2.48. The summed E-state index contributed by atoms with van der Waals surface area (Å²) in [5, 5.41) is 8.56. The van der Waals surface area contributed by atoms with E-state index in [0.29, 0.717) is 11.1 Å².